The Kier molecular flexibility index (Phi) is 3.59. The molecule has 17 heavy (non-hydrogen) atoms. The van der Waals surface area contributed by atoms with Crippen LogP contribution in [-0.4, -0.2) is 10.1 Å². The Bertz CT molecular complexity index is 493. The fourth-order valence-corrected chi connectivity index (χ4v) is 1.64. The first-order valence-corrected chi connectivity index (χ1v) is 6.22. The molecule has 0 bridgehead atoms. The third-order valence-electron chi connectivity index (χ3n) is 2.55. The Morgan fingerprint density at radius 2 is 1.88 bits per heavy atom. The zero-order chi connectivity index (χ0) is 12.4. The van der Waals surface area contributed by atoms with Gasteiger partial charge in [0, 0.05) is 10.0 Å². The van der Waals surface area contributed by atoms with Gasteiger partial charge < -0.3 is 10.3 Å². The number of hydrogen-bond donors (Lipinski definition) is 1. The lowest BCUT2D eigenvalue weighted by atomic mass is 10.1. The first-order chi connectivity index (χ1) is 8.08. The molecule has 2 N–H and O–H groups in total. The van der Waals surface area contributed by atoms with Gasteiger partial charge in [0.05, 0.1) is 6.04 Å². The van der Waals surface area contributed by atoms with Gasteiger partial charge in [-0.15, -0.1) is 0 Å². The minimum atomic E-state index is -0.192. The summed E-state index contributed by atoms with van der Waals surface area (Å²) >= 11 is 3.38. The zero-order valence-corrected chi connectivity index (χ0v) is 11.3. The molecule has 0 radical (unpaired) electrons. The topological polar surface area (TPSA) is 64.9 Å². The third kappa shape index (κ3) is 2.73. The molecule has 0 aliphatic carbocycles. The molecule has 0 aliphatic rings. The van der Waals surface area contributed by atoms with Crippen LogP contribution in [0, 0.1) is 5.92 Å². The van der Waals surface area contributed by atoms with E-state index in [0.717, 1.165) is 10.0 Å². The van der Waals surface area contributed by atoms with Crippen molar-refractivity contribution in [2.24, 2.45) is 11.7 Å². The van der Waals surface area contributed by atoms with E-state index in [1.54, 1.807) is 0 Å². The summed E-state index contributed by atoms with van der Waals surface area (Å²) in [7, 11) is 0. The average molecular weight is 296 g/mol. The molecule has 0 amide bonds. The molecular formula is C12H14BrN3O. The Hall–Kier alpha value is -1.20. The van der Waals surface area contributed by atoms with E-state index < -0.39 is 0 Å². The van der Waals surface area contributed by atoms with Crippen LogP contribution in [-0.2, 0) is 0 Å². The van der Waals surface area contributed by atoms with E-state index in [-0.39, 0.29) is 12.0 Å². The molecule has 0 fully saturated rings. The number of aromatic nitrogens is 2. The van der Waals surface area contributed by atoms with Crippen molar-refractivity contribution >= 4 is 15.9 Å². The highest BCUT2D eigenvalue weighted by molar-refractivity contribution is 9.10. The van der Waals surface area contributed by atoms with Gasteiger partial charge in [-0.1, -0.05) is 34.9 Å². The molecule has 1 aromatic heterocycles. The van der Waals surface area contributed by atoms with E-state index in [2.05, 4.69) is 26.1 Å². The minimum Gasteiger partial charge on any atom is -0.334 e. The molecule has 5 heteroatoms. The molecule has 2 aromatic rings. The zero-order valence-electron chi connectivity index (χ0n) is 9.72. The predicted octanol–water partition coefficient (Wildman–Crippen LogP) is 3.15. The molecule has 4 nitrogen and oxygen atoms in total. The summed E-state index contributed by atoms with van der Waals surface area (Å²) in [4.78, 5) is 4.31. The number of nitrogens with zero attached hydrogens (tertiary/aromatic N) is 2. The molecular weight excluding hydrogens is 282 g/mol. The van der Waals surface area contributed by atoms with E-state index in [4.69, 9.17) is 10.3 Å². The second-order valence-corrected chi connectivity index (χ2v) is 5.15. The van der Waals surface area contributed by atoms with E-state index >= 15 is 0 Å². The summed E-state index contributed by atoms with van der Waals surface area (Å²) in [5.74, 6) is 1.34. The molecule has 0 spiro atoms. The van der Waals surface area contributed by atoms with Crippen LogP contribution in [0.4, 0.5) is 0 Å². The Balaban J connectivity index is 2.26. The number of halogens is 1. The average Bonchev–Trinajstić information content (AvgIpc) is 2.78. The monoisotopic (exact) mass is 295 g/mol. The second-order valence-electron chi connectivity index (χ2n) is 4.23. The van der Waals surface area contributed by atoms with Gasteiger partial charge in [-0.2, -0.15) is 4.98 Å². The van der Waals surface area contributed by atoms with E-state index in [1.165, 1.54) is 0 Å². The SMILES string of the molecule is CC(C)C(N)c1noc(-c2ccc(Br)cc2)n1. The lowest BCUT2D eigenvalue weighted by Crippen LogP contribution is -2.18. The van der Waals surface area contributed by atoms with Gasteiger partial charge >= 0.3 is 0 Å². The molecule has 0 saturated heterocycles. The summed E-state index contributed by atoms with van der Waals surface area (Å²) in [5.41, 5.74) is 6.85. The largest absolute Gasteiger partial charge is 0.334 e. The second kappa shape index (κ2) is 4.98. The van der Waals surface area contributed by atoms with Crippen molar-refractivity contribution in [3.8, 4) is 11.5 Å². The Labute approximate surface area is 108 Å². The summed E-state index contributed by atoms with van der Waals surface area (Å²) in [6, 6.07) is 7.51. The van der Waals surface area contributed by atoms with E-state index in [9.17, 15) is 0 Å². The van der Waals surface area contributed by atoms with Crippen molar-refractivity contribution in [3.63, 3.8) is 0 Å². The minimum absolute atomic E-state index is 0.192. The normalized spacial score (nSPS) is 13.0. The predicted molar refractivity (Wildman–Crippen MR) is 69.2 cm³/mol. The van der Waals surface area contributed by atoms with Crippen molar-refractivity contribution in [1.82, 2.24) is 10.1 Å². The van der Waals surface area contributed by atoms with E-state index in [0.29, 0.717) is 11.7 Å². The van der Waals surface area contributed by atoms with Gasteiger partial charge in [-0.05, 0) is 30.2 Å². The van der Waals surface area contributed by atoms with Gasteiger partial charge in [0.1, 0.15) is 0 Å². The maximum Gasteiger partial charge on any atom is 0.257 e. The quantitative estimate of drug-likeness (QED) is 0.945. The molecule has 0 saturated carbocycles. The van der Waals surface area contributed by atoms with Crippen LogP contribution < -0.4 is 5.73 Å². The standard InChI is InChI=1S/C12H14BrN3O/c1-7(2)10(14)11-15-12(17-16-11)8-3-5-9(13)6-4-8/h3-7,10H,14H2,1-2H3. The van der Waals surface area contributed by atoms with Gasteiger partial charge in [0.25, 0.3) is 5.89 Å². The van der Waals surface area contributed by atoms with Crippen LogP contribution in [0.1, 0.15) is 25.7 Å². The highest BCUT2D eigenvalue weighted by Crippen LogP contribution is 2.22. The van der Waals surface area contributed by atoms with Gasteiger partial charge in [-0.3, -0.25) is 0 Å². The van der Waals surface area contributed by atoms with Crippen molar-refractivity contribution in [3.05, 3.63) is 34.6 Å². The molecule has 0 aliphatic heterocycles. The van der Waals surface area contributed by atoms with Crippen LogP contribution in [0.2, 0.25) is 0 Å². The molecule has 1 aromatic carbocycles. The number of hydrogen-bond acceptors (Lipinski definition) is 4. The molecule has 1 heterocycles. The van der Waals surface area contributed by atoms with Crippen molar-refractivity contribution in [2.45, 2.75) is 19.9 Å². The highest BCUT2D eigenvalue weighted by Gasteiger charge is 2.17. The van der Waals surface area contributed by atoms with Crippen LogP contribution in [0.15, 0.2) is 33.3 Å². The van der Waals surface area contributed by atoms with Crippen LogP contribution in [0.5, 0.6) is 0 Å². The molecule has 1 atom stereocenters. The lowest BCUT2D eigenvalue weighted by molar-refractivity contribution is 0.400. The number of nitrogens with two attached hydrogens (primary N) is 1. The van der Waals surface area contributed by atoms with Gasteiger partial charge in [-0.25, -0.2) is 0 Å². The smallest absolute Gasteiger partial charge is 0.257 e. The van der Waals surface area contributed by atoms with Crippen molar-refractivity contribution in [2.75, 3.05) is 0 Å². The maximum absolute atomic E-state index is 5.96. The van der Waals surface area contributed by atoms with E-state index in [1.807, 2.05) is 38.1 Å². The van der Waals surface area contributed by atoms with Gasteiger partial charge in [0.15, 0.2) is 5.82 Å². The van der Waals surface area contributed by atoms with Crippen molar-refractivity contribution in [1.29, 1.82) is 0 Å². The van der Waals surface area contributed by atoms with Crippen LogP contribution >= 0.6 is 15.9 Å². The Morgan fingerprint density at radius 1 is 1.24 bits per heavy atom. The molecule has 90 valence electrons. The fraction of sp³-hybridized carbons (Fsp3) is 0.333. The first-order valence-electron chi connectivity index (χ1n) is 5.43. The lowest BCUT2D eigenvalue weighted by Gasteiger charge is -2.09. The van der Waals surface area contributed by atoms with Crippen LogP contribution in [0.25, 0.3) is 11.5 Å². The molecule has 2 rings (SSSR count). The van der Waals surface area contributed by atoms with Crippen molar-refractivity contribution < 1.29 is 4.52 Å². The maximum atomic E-state index is 5.96. The number of benzene rings is 1. The first kappa shape index (κ1) is 12.3. The van der Waals surface area contributed by atoms with Crippen LogP contribution in [0.3, 0.4) is 0 Å². The highest BCUT2D eigenvalue weighted by atomic mass is 79.9. The summed E-state index contributed by atoms with van der Waals surface area (Å²) in [5, 5.41) is 3.91. The van der Waals surface area contributed by atoms with Gasteiger partial charge in [0.2, 0.25) is 0 Å². The summed E-state index contributed by atoms with van der Waals surface area (Å²) in [6.07, 6.45) is 0. The number of rotatable bonds is 3. The summed E-state index contributed by atoms with van der Waals surface area (Å²) in [6.45, 7) is 4.06. The molecule has 1 unspecified atom stereocenters. The summed E-state index contributed by atoms with van der Waals surface area (Å²) < 4.78 is 6.22. The third-order valence-corrected chi connectivity index (χ3v) is 3.08. The Morgan fingerprint density at radius 3 is 2.47 bits per heavy atom. The fourth-order valence-electron chi connectivity index (χ4n) is 1.38.